The van der Waals surface area contributed by atoms with Gasteiger partial charge in [-0.3, -0.25) is 0 Å². The van der Waals surface area contributed by atoms with Gasteiger partial charge in [0, 0.05) is 17.1 Å². The van der Waals surface area contributed by atoms with Crippen molar-refractivity contribution in [1.29, 1.82) is 0 Å². The molecule has 0 bridgehead atoms. The normalized spacial score (nSPS) is 12.8. The highest BCUT2D eigenvalue weighted by molar-refractivity contribution is 9.10. The van der Waals surface area contributed by atoms with Gasteiger partial charge in [-0.25, -0.2) is 0 Å². The summed E-state index contributed by atoms with van der Waals surface area (Å²) in [4.78, 5) is 0. The Morgan fingerprint density at radius 1 is 1.05 bits per heavy atom. The van der Waals surface area contributed by atoms with Gasteiger partial charge in [0.2, 0.25) is 0 Å². The second-order valence-corrected chi connectivity index (χ2v) is 6.42. The summed E-state index contributed by atoms with van der Waals surface area (Å²) in [5.74, 6) is 0.934. The largest absolute Gasteiger partial charge is 0.489 e. The van der Waals surface area contributed by atoms with Crippen molar-refractivity contribution in [2.75, 3.05) is 6.54 Å². The molecule has 114 valence electrons. The highest BCUT2D eigenvalue weighted by atomic mass is 79.9. The third-order valence-corrected chi connectivity index (χ3v) is 4.28. The molecule has 0 heterocycles. The van der Waals surface area contributed by atoms with Crippen molar-refractivity contribution in [1.82, 2.24) is 5.32 Å². The Bertz CT molecular complexity index is 580. The van der Waals surface area contributed by atoms with E-state index in [0.29, 0.717) is 6.04 Å². The summed E-state index contributed by atoms with van der Waals surface area (Å²) in [5.41, 5.74) is 0. The first kappa shape index (κ1) is 16.3. The van der Waals surface area contributed by atoms with E-state index < -0.39 is 0 Å². The fourth-order valence-corrected chi connectivity index (χ4v) is 2.83. The summed E-state index contributed by atoms with van der Waals surface area (Å²) in [6, 6.07) is 13.1. The first-order valence-corrected chi connectivity index (χ1v) is 8.51. The minimum Gasteiger partial charge on any atom is -0.489 e. The van der Waals surface area contributed by atoms with E-state index in [0.717, 1.165) is 29.6 Å². The monoisotopic (exact) mass is 349 g/mol. The summed E-state index contributed by atoms with van der Waals surface area (Å²) < 4.78 is 7.12. The maximum atomic E-state index is 6.02. The molecule has 0 aromatic heterocycles. The van der Waals surface area contributed by atoms with E-state index in [1.165, 1.54) is 10.8 Å². The Hall–Kier alpha value is -1.06. The van der Waals surface area contributed by atoms with Crippen molar-refractivity contribution in [3.63, 3.8) is 0 Å². The van der Waals surface area contributed by atoms with Crippen LogP contribution in [0.1, 0.15) is 33.6 Å². The fraction of sp³-hybridized carbons (Fsp3) is 0.444. The summed E-state index contributed by atoms with van der Waals surface area (Å²) in [7, 11) is 0. The van der Waals surface area contributed by atoms with Crippen LogP contribution in [0.15, 0.2) is 40.9 Å². The molecule has 1 unspecified atom stereocenters. The molecular formula is C18H24BrNO. The molecule has 0 aliphatic carbocycles. The molecule has 0 fully saturated rings. The van der Waals surface area contributed by atoms with Crippen LogP contribution >= 0.6 is 15.9 Å². The molecule has 0 aliphatic heterocycles. The second-order valence-electron chi connectivity index (χ2n) is 5.50. The van der Waals surface area contributed by atoms with Crippen LogP contribution < -0.4 is 10.1 Å². The highest BCUT2D eigenvalue weighted by Crippen LogP contribution is 2.24. The first-order valence-electron chi connectivity index (χ1n) is 7.71. The van der Waals surface area contributed by atoms with Crippen molar-refractivity contribution in [3.05, 3.63) is 40.9 Å². The van der Waals surface area contributed by atoms with Gasteiger partial charge in [-0.1, -0.05) is 41.9 Å². The van der Waals surface area contributed by atoms with Gasteiger partial charge in [-0.15, -0.1) is 0 Å². The lowest BCUT2D eigenvalue weighted by atomic mass is 10.1. The Balaban J connectivity index is 1.97. The van der Waals surface area contributed by atoms with Gasteiger partial charge in [0.15, 0.2) is 0 Å². The minimum absolute atomic E-state index is 0.165. The van der Waals surface area contributed by atoms with Gasteiger partial charge in [0.1, 0.15) is 11.9 Å². The molecule has 0 spiro atoms. The molecule has 2 aromatic carbocycles. The molecule has 0 saturated heterocycles. The van der Waals surface area contributed by atoms with E-state index in [9.17, 15) is 0 Å². The molecule has 2 aromatic rings. The Kier molecular flexibility index (Phi) is 6.07. The molecule has 0 radical (unpaired) electrons. The van der Waals surface area contributed by atoms with Crippen molar-refractivity contribution in [2.24, 2.45) is 0 Å². The molecule has 3 heteroatoms. The molecule has 2 nitrogen and oxygen atoms in total. The summed E-state index contributed by atoms with van der Waals surface area (Å²) in [6.07, 6.45) is 2.49. The van der Waals surface area contributed by atoms with Crippen molar-refractivity contribution >= 4 is 26.7 Å². The molecule has 0 amide bonds. The van der Waals surface area contributed by atoms with Gasteiger partial charge in [-0.05, 0) is 54.8 Å². The zero-order valence-corrected chi connectivity index (χ0v) is 14.6. The fourth-order valence-electron chi connectivity index (χ4n) is 2.45. The molecule has 21 heavy (non-hydrogen) atoms. The van der Waals surface area contributed by atoms with Gasteiger partial charge < -0.3 is 10.1 Å². The number of fused-ring (bicyclic) bond motifs is 1. The Morgan fingerprint density at radius 2 is 1.71 bits per heavy atom. The maximum Gasteiger partial charge on any atom is 0.120 e. The quantitative estimate of drug-likeness (QED) is 0.746. The average Bonchev–Trinajstić information content (AvgIpc) is 2.48. The minimum atomic E-state index is 0.165. The van der Waals surface area contributed by atoms with Crippen LogP contribution in [0.5, 0.6) is 5.75 Å². The standard InChI is InChI=1S/C18H24BrNO/c1-4-17(5-2)20-12-13(3)21-18-9-7-14-10-16(19)8-6-15(14)11-18/h6-11,13,17,20H,4-5,12H2,1-3H3. The molecule has 2 rings (SSSR count). The number of rotatable bonds is 7. The topological polar surface area (TPSA) is 21.3 Å². The van der Waals surface area contributed by atoms with E-state index in [4.69, 9.17) is 4.74 Å². The number of nitrogens with one attached hydrogen (secondary N) is 1. The van der Waals surface area contributed by atoms with Crippen molar-refractivity contribution in [3.8, 4) is 5.75 Å². The van der Waals surface area contributed by atoms with E-state index in [2.05, 4.69) is 72.3 Å². The Labute approximate surface area is 136 Å². The number of hydrogen-bond donors (Lipinski definition) is 1. The van der Waals surface area contributed by atoms with Gasteiger partial charge in [0.25, 0.3) is 0 Å². The number of halogens is 1. The predicted molar refractivity (Wildman–Crippen MR) is 94.1 cm³/mol. The lowest BCUT2D eigenvalue weighted by Crippen LogP contribution is -2.36. The third-order valence-electron chi connectivity index (χ3n) is 3.79. The number of ether oxygens (including phenoxy) is 1. The first-order chi connectivity index (χ1) is 10.1. The number of benzene rings is 2. The van der Waals surface area contributed by atoms with Gasteiger partial charge in [0.05, 0.1) is 0 Å². The lowest BCUT2D eigenvalue weighted by Gasteiger charge is -2.20. The van der Waals surface area contributed by atoms with E-state index >= 15 is 0 Å². The van der Waals surface area contributed by atoms with E-state index in [-0.39, 0.29) is 6.10 Å². The van der Waals surface area contributed by atoms with Crippen molar-refractivity contribution < 1.29 is 4.74 Å². The molecule has 1 atom stereocenters. The summed E-state index contributed by atoms with van der Waals surface area (Å²) >= 11 is 3.50. The van der Waals surface area contributed by atoms with E-state index in [1.807, 2.05) is 6.07 Å². The third kappa shape index (κ3) is 4.72. The van der Waals surface area contributed by atoms with Crippen LogP contribution in [0.2, 0.25) is 0 Å². The van der Waals surface area contributed by atoms with Crippen LogP contribution in [-0.2, 0) is 0 Å². The molecular weight excluding hydrogens is 326 g/mol. The molecule has 0 saturated carbocycles. The second kappa shape index (κ2) is 7.81. The van der Waals surface area contributed by atoms with E-state index in [1.54, 1.807) is 0 Å². The summed E-state index contributed by atoms with van der Waals surface area (Å²) in [5, 5.41) is 5.98. The van der Waals surface area contributed by atoms with Crippen LogP contribution in [0.4, 0.5) is 0 Å². The van der Waals surface area contributed by atoms with Crippen LogP contribution in [0, 0.1) is 0 Å². The van der Waals surface area contributed by atoms with Gasteiger partial charge in [-0.2, -0.15) is 0 Å². The predicted octanol–water partition coefficient (Wildman–Crippen LogP) is 5.15. The maximum absolute atomic E-state index is 6.02. The Morgan fingerprint density at radius 3 is 2.43 bits per heavy atom. The van der Waals surface area contributed by atoms with Crippen LogP contribution in [0.25, 0.3) is 10.8 Å². The van der Waals surface area contributed by atoms with Crippen LogP contribution in [-0.4, -0.2) is 18.7 Å². The molecule has 0 aliphatic rings. The van der Waals surface area contributed by atoms with Crippen molar-refractivity contribution in [2.45, 2.75) is 45.8 Å². The zero-order chi connectivity index (χ0) is 15.2. The SMILES string of the molecule is CCC(CC)NCC(C)Oc1ccc2cc(Br)ccc2c1. The molecule has 1 N–H and O–H groups in total. The summed E-state index contributed by atoms with van der Waals surface area (Å²) in [6.45, 7) is 7.42. The number of hydrogen-bond acceptors (Lipinski definition) is 2. The lowest BCUT2D eigenvalue weighted by molar-refractivity contribution is 0.210. The highest BCUT2D eigenvalue weighted by Gasteiger charge is 2.08. The average molecular weight is 350 g/mol. The van der Waals surface area contributed by atoms with Crippen LogP contribution in [0.3, 0.4) is 0 Å². The smallest absolute Gasteiger partial charge is 0.120 e. The van der Waals surface area contributed by atoms with Gasteiger partial charge >= 0.3 is 0 Å². The zero-order valence-electron chi connectivity index (χ0n) is 13.0.